The van der Waals surface area contributed by atoms with Gasteiger partial charge in [0.05, 0.1) is 36.4 Å². The van der Waals surface area contributed by atoms with Crippen LogP contribution < -0.4 is 10.2 Å². The molecule has 3 aliphatic rings. The molecular formula is C20H16N2O5. The van der Waals surface area contributed by atoms with Gasteiger partial charge in [-0.25, -0.2) is 4.90 Å². The summed E-state index contributed by atoms with van der Waals surface area (Å²) >= 11 is 0. The van der Waals surface area contributed by atoms with Gasteiger partial charge < -0.3 is 14.5 Å². The van der Waals surface area contributed by atoms with Gasteiger partial charge in [-0.2, -0.15) is 0 Å². The van der Waals surface area contributed by atoms with Crippen molar-refractivity contribution in [3.63, 3.8) is 0 Å². The van der Waals surface area contributed by atoms with Gasteiger partial charge in [-0.1, -0.05) is 30.4 Å². The summed E-state index contributed by atoms with van der Waals surface area (Å²) in [6.45, 7) is 0.0857. The zero-order chi connectivity index (χ0) is 18.6. The normalized spacial score (nSPS) is 30.8. The molecule has 2 aromatic rings. The fraction of sp³-hybridized carbons (Fsp3) is 0.250. The number of nitrogens with one attached hydrogen (secondary N) is 1. The van der Waals surface area contributed by atoms with Gasteiger partial charge in [0.2, 0.25) is 11.8 Å². The lowest BCUT2D eigenvalue weighted by atomic mass is 9.77. The maximum absolute atomic E-state index is 13.1. The highest BCUT2D eigenvalue weighted by Gasteiger charge is 2.67. The number of anilines is 1. The number of hydrogen-bond acceptors (Lipinski definition) is 5. The van der Waals surface area contributed by atoms with Crippen LogP contribution in [0.1, 0.15) is 10.6 Å². The first-order chi connectivity index (χ1) is 13.1. The van der Waals surface area contributed by atoms with Crippen molar-refractivity contribution < 1.29 is 23.5 Å². The molecule has 1 aromatic carbocycles. The minimum absolute atomic E-state index is 0.0857. The summed E-state index contributed by atoms with van der Waals surface area (Å²) in [4.78, 5) is 39.5. The lowest BCUT2D eigenvalue weighted by molar-refractivity contribution is -0.126. The van der Waals surface area contributed by atoms with Gasteiger partial charge in [-0.3, -0.25) is 14.4 Å². The molecule has 1 aromatic heterocycles. The Kier molecular flexibility index (Phi) is 3.35. The fourth-order valence-electron chi connectivity index (χ4n) is 4.25. The molecule has 2 bridgehead atoms. The second-order valence-corrected chi connectivity index (χ2v) is 6.91. The molecule has 27 heavy (non-hydrogen) atoms. The van der Waals surface area contributed by atoms with E-state index < -0.39 is 29.4 Å². The van der Waals surface area contributed by atoms with Gasteiger partial charge in [0.25, 0.3) is 5.91 Å². The third kappa shape index (κ3) is 2.21. The van der Waals surface area contributed by atoms with Gasteiger partial charge in [0.1, 0.15) is 5.60 Å². The summed E-state index contributed by atoms with van der Waals surface area (Å²) < 4.78 is 11.1. The van der Waals surface area contributed by atoms with E-state index in [0.29, 0.717) is 5.69 Å². The fourth-order valence-corrected chi connectivity index (χ4v) is 4.25. The molecule has 7 heteroatoms. The maximum Gasteiger partial charge on any atom is 0.287 e. The zero-order valence-electron chi connectivity index (χ0n) is 14.2. The Morgan fingerprint density at radius 1 is 1.11 bits per heavy atom. The van der Waals surface area contributed by atoms with E-state index in [4.69, 9.17) is 9.15 Å². The number of rotatable bonds is 4. The Hall–Kier alpha value is -3.19. The van der Waals surface area contributed by atoms with E-state index in [1.54, 1.807) is 48.6 Å². The number of amides is 3. The number of carbonyl (C=O) groups excluding carboxylic acids is 3. The lowest BCUT2D eigenvalue weighted by Crippen LogP contribution is -2.48. The van der Waals surface area contributed by atoms with E-state index in [-0.39, 0.29) is 24.1 Å². The molecule has 0 aliphatic carbocycles. The summed E-state index contributed by atoms with van der Waals surface area (Å²) in [5.41, 5.74) is -0.468. The predicted octanol–water partition coefficient (Wildman–Crippen LogP) is 1.52. The Bertz CT molecular complexity index is 952. The number of carbonyl (C=O) groups is 3. The first-order valence-electron chi connectivity index (χ1n) is 8.72. The lowest BCUT2D eigenvalue weighted by Gasteiger charge is -2.28. The number of imide groups is 1. The molecule has 136 valence electrons. The average molecular weight is 364 g/mol. The van der Waals surface area contributed by atoms with Crippen LogP contribution in [0, 0.1) is 11.8 Å². The van der Waals surface area contributed by atoms with Crippen LogP contribution >= 0.6 is 0 Å². The largest absolute Gasteiger partial charge is 0.459 e. The van der Waals surface area contributed by atoms with E-state index in [2.05, 4.69) is 5.32 Å². The van der Waals surface area contributed by atoms with Crippen molar-refractivity contribution >= 4 is 23.4 Å². The second-order valence-electron chi connectivity index (χ2n) is 6.91. The van der Waals surface area contributed by atoms with Crippen molar-refractivity contribution in [3.8, 4) is 0 Å². The van der Waals surface area contributed by atoms with Crippen LogP contribution in [0.15, 0.2) is 65.3 Å². The maximum atomic E-state index is 13.1. The van der Waals surface area contributed by atoms with Gasteiger partial charge in [0, 0.05) is 0 Å². The molecule has 4 heterocycles. The molecule has 7 nitrogen and oxygen atoms in total. The summed E-state index contributed by atoms with van der Waals surface area (Å²) in [6.07, 6.45) is 4.55. The van der Waals surface area contributed by atoms with Crippen molar-refractivity contribution in [2.75, 3.05) is 11.4 Å². The topological polar surface area (TPSA) is 88.9 Å². The van der Waals surface area contributed by atoms with Crippen LogP contribution in [-0.4, -0.2) is 36.0 Å². The molecule has 0 spiro atoms. The first-order valence-corrected chi connectivity index (χ1v) is 8.72. The Labute approximate surface area is 154 Å². The molecule has 4 atom stereocenters. The smallest absolute Gasteiger partial charge is 0.287 e. The van der Waals surface area contributed by atoms with Crippen molar-refractivity contribution in [3.05, 3.63) is 66.6 Å². The van der Waals surface area contributed by atoms with Gasteiger partial charge in [0.15, 0.2) is 5.76 Å². The summed E-state index contributed by atoms with van der Waals surface area (Å²) in [6, 6.07) is 12.0. The summed E-state index contributed by atoms with van der Waals surface area (Å²) in [5.74, 6) is -1.99. The van der Waals surface area contributed by atoms with Gasteiger partial charge in [-0.05, 0) is 24.3 Å². The first kappa shape index (κ1) is 16.0. The standard InChI is InChI=1S/C20H16N2O5/c23-17(14-7-4-10-26-14)21-11-20-9-8-13(27-20)15-16(20)19(25)22(18(15)24)12-5-2-1-3-6-12/h1-10,13,15-16H,11H2,(H,21,23)/t13-,15-,16+,20-/m0/s1. The number of fused-ring (bicyclic) bond motifs is 5. The van der Waals surface area contributed by atoms with Crippen molar-refractivity contribution in [1.82, 2.24) is 5.32 Å². The average Bonchev–Trinajstić information content (AvgIpc) is 3.44. The SMILES string of the molecule is O=C(NC[C@]12C=C[C@H](O1)[C@@H]1C(=O)N(c3ccccc3)C(=O)[C@@H]12)c1ccco1. The van der Waals surface area contributed by atoms with Crippen LogP contribution in [0.25, 0.3) is 0 Å². The third-order valence-corrected chi connectivity index (χ3v) is 5.44. The minimum Gasteiger partial charge on any atom is -0.459 e. The van der Waals surface area contributed by atoms with Crippen LogP contribution in [-0.2, 0) is 14.3 Å². The van der Waals surface area contributed by atoms with Gasteiger partial charge >= 0.3 is 0 Å². The summed E-state index contributed by atoms with van der Waals surface area (Å²) in [5, 5.41) is 2.76. The Morgan fingerprint density at radius 3 is 2.67 bits per heavy atom. The van der Waals surface area contributed by atoms with E-state index >= 15 is 0 Å². The summed E-state index contributed by atoms with van der Waals surface area (Å²) in [7, 11) is 0. The molecule has 5 rings (SSSR count). The van der Waals surface area contributed by atoms with Gasteiger partial charge in [-0.15, -0.1) is 0 Å². The van der Waals surface area contributed by atoms with Crippen molar-refractivity contribution in [2.24, 2.45) is 11.8 Å². The van der Waals surface area contributed by atoms with E-state index in [1.807, 2.05) is 6.07 Å². The molecule has 0 unspecified atom stereocenters. The highest BCUT2D eigenvalue weighted by molar-refractivity contribution is 6.23. The minimum atomic E-state index is -1.02. The van der Waals surface area contributed by atoms with Crippen LogP contribution in [0.5, 0.6) is 0 Å². The van der Waals surface area contributed by atoms with E-state index in [9.17, 15) is 14.4 Å². The number of benzene rings is 1. The number of ether oxygens (including phenoxy) is 1. The zero-order valence-corrected chi connectivity index (χ0v) is 14.2. The number of para-hydroxylation sites is 1. The van der Waals surface area contributed by atoms with Crippen LogP contribution in [0.3, 0.4) is 0 Å². The monoisotopic (exact) mass is 364 g/mol. The molecule has 0 radical (unpaired) electrons. The second kappa shape index (κ2) is 5.65. The predicted molar refractivity (Wildman–Crippen MR) is 93.7 cm³/mol. The van der Waals surface area contributed by atoms with Crippen molar-refractivity contribution in [1.29, 1.82) is 0 Å². The van der Waals surface area contributed by atoms with E-state index in [0.717, 1.165) is 0 Å². The third-order valence-electron chi connectivity index (χ3n) is 5.44. The molecular weight excluding hydrogens is 348 g/mol. The molecule has 0 saturated carbocycles. The molecule has 2 saturated heterocycles. The highest BCUT2D eigenvalue weighted by atomic mass is 16.5. The Balaban J connectivity index is 1.42. The number of hydrogen-bond donors (Lipinski definition) is 1. The van der Waals surface area contributed by atoms with Crippen LogP contribution in [0.2, 0.25) is 0 Å². The highest BCUT2D eigenvalue weighted by Crippen LogP contribution is 2.52. The van der Waals surface area contributed by atoms with E-state index in [1.165, 1.54) is 11.2 Å². The quantitative estimate of drug-likeness (QED) is 0.656. The molecule has 1 N–H and O–H groups in total. The Morgan fingerprint density at radius 2 is 1.93 bits per heavy atom. The number of furan rings is 1. The number of nitrogens with zero attached hydrogens (tertiary/aromatic N) is 1. The van der Waals surface area contributed by atoms with Crippen LogP contribution in [0.4, 0.5) is 5.69 Å². The molecule has 3 aliphatic heterocycles. The molecule has 2 fully saturated rings. The molecule has 3 amide bonds. The van der Waals surface area contributed by atoms with Crippen molar-refractivity contribution in [2.45, 2.75) is 11.7 Å².